The standard InChI is InChI=1S/C60H39NOS/c1-3-14-42(15-4-1)48-18-7-8-21-53(48)60-49(43-16-5-2-6-17-43)22-13-23-55(60)61(46-32-26-40(27-33-46)44-31-37-59-54(38-44)52-20-10-12-25-58(52)63-59)47-34-28-41(29-35-47)45-30-36-51-50-19-9-11-24-56(50)62-57(51)39-45/h1-39H. The minimum absolute atomic E-state index is 0.894. The number of rotatable bonds is 8. The van der Waals surface area contributed by atoms with Gasteiger partial charge in [-0.1, -0.05) is 170 Å². The summed E-state index contributed by atoms with van der Waals surface area (Å²) < 4.78 is 8.94. The van der Waals surface area contributed by atoms with Crippen LogP contribution in [-0.2, 0) is 0 Å². The molecule has 3 heteroatoms. The molecule has 0 bridgehead atoms. The summed E-state index contributed by atoms with van der Waals surface area (Å²) >= 11 is 1.85. The van der Waals surface area contributed by atoms with Crippen molar-refractivity contribution in [1.82, 2.24) is 0 Å². The first kappa shape index (κ1) is 36.8. The highest BCUT2D eigenvalue weighted by molar-refractivity contribution is 7.25. The van der Waals surface area contributed by atoms with E-state index in [9.17, 15) is 0 Å². The predicted molar refractivity (Wildman–Crippen MR) is 268 cm³/mol. The predicted octanol–water partition coefficient (Wildman–Crippen LogP) is 17.8. The van der Waals surface area contributed by atoms with Crippen LogP contribution >= 0.6 is 11.3 Å². The molecule has 296 valence electrons. The summed E-state index contributed by atoms with van der Waals surface area (Å²) in [6, 6.07) is 85.5. The van der Waals surface area contributed by atoms with Crippen molar-refractivity contribution in [3.63, 3.8) is 0 Å². The first-order chi connectivity index (χ1) is 31.2. The fraction of sp³-hybridized carbons (Fsp3) is 0. The van der Waals surface area contributed by atoms with Crippen molar-refractivity contribution >= 4 is 70.5 Å². The summed E-state index contributed by atoms with van der Waals surface area (Å²) in [5.74, 6) is 0. The molecule has 2 nitrogen and oxygen atoms in total. The number of thiophene rings is 1. The molecular formula is C60H39NOS. The third-order valence-electron chi connectivity index (χ3n) is 12.3. The number of anilines is 3. The maximum absolute atomic E-state index is 6.31. The lowest BCUT2D eigenvalue weighted by atomic mass is 9.87. The Labute approximate surface area is 370 Å². The van der Waals surface area contributed by atoms with Crippen LogP contribution in [-0.4, -0.2) is 0 Å². The van der Waals surface area contributed by atoms with Crippen molar-refractivity contribution in [3.05, 3.63) is 237 Å². The lowest BCUT2D eigenvalue weighted by Gasteiger charge is -2.30. The molecule has 0 unspecified atom stereocenters. The van der Waals surface area contributed by atoms with Crippen molar-refractivity contribution in [2.75, 3.05) is 4.90 Å². The fourth-order valence-corrected chi connectivity index (χ4v) is 10.4. The Kier molecular flexibility index (Phi) is 9.06. The summed E-state index contributed by atoms with van der Waals surface area (Å²) in [6.45, 7) is 0. The van der Waals surface area contributed by atoms with Crippen LogP contribution < -0.4 is 4.90 Å². The molecule has 12 aromatic rings. The SMILES string of the molecule is c1ccc(-c2ccccc2-c2c(-c3ccccc3)cccc2N(c2ccc(-c3ccc4c(c3)oc3ccccc34)cc2)c2ccc(-c3ccc4sc5ccccc5c4c3)cc2)cc1. The molecule has 0 saturated heterocycles. The second-order valence-electron chi connectivity index (χ2n) is 16.0. The molecule has 2 aromatic heterocycles. The van der Waals surface area contributed by atoms with Crippen LogP contribution in [0.4, 0.5) is 17.1 Å². The van der Waals surface area contributed by atoms with Crippen LogP contribution in [0.1, 0.15) is 0 Å². The molecule has 0 aliphatic rings. The zero-order valence-corrected chi connectivity index (χ0v) is 35.1. The van der Waals surface area contributed by atoms with Gasteiger partial charge in [-0.2, -0.15) is 0 Å². The third kappa shape index (κ3) is 6.58. The Morgan fingerprint density at radius 1 is 0.302 bits per heavy atom. The summed E-state index contributed by atoms with van der Waals surface area (Å²) in [7, 11) is 0. The average molecular weight is 822 g/mol. The largest absolute Gasteiger partial charge is 0.456 e. The zero-order valence-electron chi connectivity index (χ0n) is 34.3. The van der Waals surface area contributed by atoms with Gasteiger partial charge in [-0.3, -0.25) is 0 Å². The maximum atomic E-state index is 6.31. The van der Waals surface area contributed by atoms with E-state index in [0.29, 0.717) is 0 Å². The van der Waals surface area contributed by atoms with E-state index in [-0.39, 0.29) is 0 Å². The van der Waals surface area contributed by atoms with Gasteiger partial charge in [0.15, 0.2) is 0 Å². The lowest BCUT2D eigenvalue weighted by Crippen LogP contribution is -2.12. The Morgan fingerprint density at radius 3 is 1.56 bits per heavy atom. The number of furan rings is 1. The number of nitrogens with zero attached hydrogens (tertiary/aromatic N) is 1. The molecule has 0 N–H and O–H groups in total. The summed E-state index contributed by atoms with van der Waals surface area (Å²) in [5.41, 5.74) is 16.7. The van der Waals surface area contributed by atoms with Crippen molar-refractivity contribution in [2.45, 2.75) is 0 Å². The van der Waals surface area contributed by atoms with Gasteiger partial charge in [0.25, 0.3) is 0 Å². The van der Waals surface area contributed by atoms with Crippen LogP contribution in [0.25, 0.3) is 97.7 Å². The second-order valence-corrected chi connectivity index (χ2v) is 17.1. The first-order valence-corrected chi connectivity index (χ1v) is 22.2. The molecule has 0 aliphatic carbocycles. The Balaban J connectivity index is 1.03. The van der Waals surface area contributed by atoms with Crippen LogP contribution in [0.5, 0.6) is 0 Å². The first-order valence-electron chi connectivity index (χ1n) is 21.4. The van der Waals surface area contributed by atoms with Gasteiger partial charge < -0.3 is 9.32 Å². The normalized spacial score (nSPS) is 11.5. The third-order valence-corrected chi connectivity index (χ3v) is 13.5. The van der Waals surface area contributed by atoms with Crippen LogP contribution in [0.2, 0.25) is 0 Å². The lowest BCUT2D eigenvalue weighted by molar-refractivity contribution is 0.669. The average Bonchev–Trinajstić information content (AvgIpc) is 3.93. The smallest absolute Gasteiger partial charge is 0.136 e. The quantitative estimate of drug-likeness (QED) is 0.152. The van der Waals surface area contributed by atoms with Crippen molar-refractivity contribution in [2.24, 2.45) is 0 Å². The summed E-state index contributed by atoms with van der Waals surface area (Å²) in [5, 5.41) is 4.88. The molecule has 63 heavy (non-hydrogen) atoms. The molecule has 0 saturated carbocycles. The van der Waals surface area contributed by atoms with E-state index >= 15 is 0 Å². The highest BCUT2D eigenvalue weighted by atomic mass is 32.1. The number of hydrogen-bond acceptors (Lipinski definition) is 3. The van der Waals surface area contributed by atoms with Gasteiger partial charge >= 0.3 is 0 Å². The highest BCUT2D eigenvalue weighted by Gasteiger charge is 2.23. The van der Waals surface area contributed by atoms with Crippen molar-refractivity contribution in [1.29, 1.82) is 0 Å². The minimum atomic E-state index is 0.894. The monoisotopic (exact) mass is 821 g/mol. The minimum Gasteiger partial charge on any atom is -0.456 e. The van der Waals surface area contributed by atoms with Gasteiger partial charge in [-0.25, -0.2) is 0 Å². The molecule has 0 spiro atoms. The topological polar surface area (TPSA) is 16.4 Å². The van der Waals surface area contributed by atoms with Crippen molar-refractivity contribution in [3.8, 4) is 55.6 Å². The van der Waals surface area contributed by atoms with Gasteiger partial charge in [0.2, 0.25) is 0 Å². The molecule has 0 fully saturated rings. The fourth-order valence-electron chi connectivity index (χ4n) is 9.28. The van der Waals surface area contributed by atoms with E-state index in [0.717, 1.165) is 50.1 Å². The molecule has 2 heterocycles. The van der Waals surface area contributed by atoms with Crippen LogP contribution in [0, 0.1) is 0 Å². The molecular weight excluding hydrogens is 783 g/mol. The Hall–Kier alpha value is -7.98. The van der Waals surface area contributed by atoms with Gasteiger partial charge in [0, 0.05) is 47.9 Å². The van der Waals surface area contributed by atoms with E-state index in [2.05, 4.69) is 229 Å². The van der Waals surface area contributed by atoms with Gasteiger partial charge in [0.1, 0.15) is 11.2 Å². The summed E-state index contributed by atoms with van der Waals surface area (Å²) in [4.78, 5) is 2.43. The molecule has 0 atom stereocenters. The number of fused-ring (bicyclic) bond motifs is 6. The van der Waals surface area contributed by atoms with Gasteiger partial charge in [-0.05, 0) is 117 Å². The zero-order chi connectivity index (χ0) is 41.7. The Bertz CT molecular complexity index is 3600. The molecule has 0 radical (unpaired) electrons. The molecule has 0 aliphatic heterocycles. The van der Waals surface area contributed by atoms with E-state index in [1.165, 1.54) is 64.7 Å². The van der Waals surface area contributed by atoms with Crippen LogP contribution in [0.3, 0.4) is 0 Å². The Morgan fingerprint density at radius 2 is 0.825 bits per heavy atom. The van der Waals surface area contributed by atoms with E-state index in [4.69, 9.17) is 4.42 Å². The highest BCUT2D eigenvalue weighted by Crippen LogP contribution is 2.48. The van der Waals surface area contributed by atoms with E-state index < -0.39 is 0 Å². The second kappa shape index (κ2) is 15.5. The van der Waals surface area contributed by atoms with E-state index in [1.807, 2.05) is 23.5 Å². The van der Waals surface area contributed by atoms with Gasteiger partial charge in [-0.15, -0.1) is 11.3 Å². The number of para-hydroxylation sites is 1. The molecule has 0 amide bonds. The van der Waals surface area contributed by atoms with Gasteiger partial charge in [0.05, 0.1) is 5.69 Å². The molecule has 10 aromatic carbocycles. The maximum Gasteiger partial charge on any atom is 0.136 e. The van der Waals surface area contributed by atoms with Crippen molar-refractivity contribution < 1.29 is 4.42 Å². The van der Waals surface area contributed by atoms with E-state index in [1.54, 1.807) is 0 Å². The molecule has 12 rings (SSSR count). The van der Waals surface area contributed by atoms with Crippen LogP contribution in [0.15, 0.2) is 241 Å². The number of hydrogen-bond donors (Lipinski definition) is 0. The summed E-state index contributed by atoms with van der Waals surface area (Å²) in [6.07, 6.45) is 0. The number of benzene rings is 10.